The van der Waals surface area contributed by atoms with Crippen LogP contribution in [0, 0.1) is 11.6 Å². The molecule has 1 aromatic rings. The molecule has 0 N–H and O–H groups in total. The lowest BCUT2D eigenvalue weighted by atomic mass is 10.1. The van der Waals surface area contributed by atoms with Crippen molar-refractivity contribution < 1.29 is 18.3 Å². The van der Waals surface area contributed by atoms with Crippen LogP contribution in [0.1, 0.15) is 24.2 Å². The summed E-state index contributed by atoms with van der Waals surface area (Å²) in [4.78, 5) is 13.9. The Morgan fingerprint density at radius 2 is 2.11 bits per heavy atom. The molecule has 106 valence electrons. The fourth-order valence-electron chi connectivity index (χ4n) is 1.91. The zero-order valence-electron chi connectivity index (χ0n) is 11.5. The number of ketones is 1. The number of carbonyl (C=O) groups is 1. The van der Waals surface area contributed by atoms with Crippen LogP contribution in [-0.4, -0.2) is 43.5 Å². The molecular weight excluding hydrogens is 252 g/mol. The Morgan fingerprint density at radius 3 is 2.68 bits per heavy atom. The first-order chi connectivity index (χ1) is 8.99. The van der Waals surface area contributed by atoms with Gasteiger partial charge in [-0.05, 0) is 31.7 Å². The van der Waals surface area contributed by atoms with Crippen LogP contribution >= 0.6 is 0 Å². The fraction of sp³-hybridized carbons (Fsp3) is 0.500. The maximum Gasteiger partial charge on any atom is 0.179 e. The lowest BCUT2D eigenvalue weighted by Crippen LogP contribution is -2.39. The molecule has 1 atom stereocenters. The molecule has 0 amide bonds. The zero-order valence-corrected chi connectivity index (χ0v) is 11.5. The van der Waals surface area contributed by atoms with E-state index in [4.69, 9.17) is 4.74 Å². The topological polar surface area (TPSA) is 29.5 Å². The van der Waals surface area contributed by atoms with E-state index < -0.39 is 17.4 Å². The number of methoxy groups -OCH3 is 1. The standard InChI is InChI=1S/C14H19F2NO2/c1-4-17(10(2)9-19-3)8-14(18)12-7-11(15)5-6-13(12)16/h5-7,10H,4,8-9H2,1-3H3. The molecule has 1 rings (SSSR count). The third-order valence-electron chi connectivity index (χ3n) is 3.01. The largest absolute Gasteiger partial charge is 0.383 e. The van der Waals surface area contributed by atoms with Gasteiger partial charge in [0.2, 0.25) is 0 Å². The Morgan fingerprint density at radius 1 is 1.42 bits per heavy atom. The normalized spacial score (nSPS) is 12.7. The van der Waals surface area contributed by atoms with Crippen LogP contribution in [0.2, 0.25) is 0 Å². The maximum atomic E-state index is 13.5. The molecule has 3 nitrogen and oxygen atoms in total. The number of Topliss-reactive ketones (excluding diaryl/α,β-unsaturated/α-hetero) is 1. The number of rotatable bonds is 7. The van der Waals surface area contributed by atoms with Gasteiger partial charge in [0.15, 0.2) is 5.78 Å². The first-order valence-corrected chi connectivity index (χ1v) is 6.20. The molecule has 0 aliphatic carbocycles. The molecule has 5 heteroatoms. The minimum absolute atomic E-state index is 0.0376. The van der Waals surface area contributed by atoms with Crippen molar-refractivity contribution >= 4 is 5.78 Å². The van der Waals surface area contributed by atoms with Crippen LogP contribution in [-0.2, 0) is 4.74 Å². The van der Waals surface area contributed by atoms with Gasteiger partial charge >= 0.3 is 0 Å². The number of hydrogen-bond donors (Lipinski definition) is 0. The summed E-state index contributed by atoms with van der Waals surface area (Å²) < 4.78 is 31.6. The third kappa shape index (κ3) is 4.36. The van der Waals surface area contributed by atoms with Crippen molar-refractivity contribution in [1.29, 1.82) is 0 Å². The molecule has 0 aromatic heterocycles. The molecule has 0 saturated heterocycles. The highest BCUT2D eigenvalue weighted by Crippen LogP contribution is 2.12. The average molecular weight is 271 g/mol. The Balaban J connectivity index is 2.79. The first-order valence-electron chi connectivity index (χ1n) is 6.20. The number of benzene rings is 1. The molecule has 0 bridgehead atoms. The predicted molar refractivity (Wildman–Crippen MR) is 69.3 cm³/mol. The molecule has 0 spiro atoms. The van der Waals surface area contributed by atoms with Crippen molar-refractivity contribution in [3.63, 3.8) is 0 Å². The fourth-order valence-corrected chi connectivity index (χ4v) is 1.91. The maximum absolute atomic E-state index is 13.5. The van der Waals surface area contributed by atoms with Crippen molar-refractivity contribution in [1.82, 2.24) is 4.90 Å². The number of halogens is 2. The van der Waals surface area contributed by atoms with Gasteiger partial charge in [-0.15, -0.1) is 0 Å². The van der Waals surface area contributed by atoms with Gasteiger partial charge in [0.1, 0.15) is 11.6 Å². The lowest BCUT2D eigenvalue weighted by Gasteiger charge is -2.26. The van der Waals surface area contributed by atoms with Crippen molar-refractivity contribution in [2.45, 2.75) is 19.9 Å². The monoisotopic (exact) mass is 271 g/mol. The van der Waals surface area contributed by atoms with Gasteiger partial charge in [0, 0.05) is 13.2 Å². The SMILES string of the molecule is CCN(CC(=O)c1cc(F)ccc1F)C(C)COC. The Bertz CT molecular complexity index is 437. The van der Waals surface area contributed by atoms with E-state index in [1.54, 1.807) is 7.11 Å². The van der Waals surface area contributed by atoms with E-state index in [1.165, 1.54) is 0 Å². The summed E-state index contributed by atoms with van der Waals surface area (Å²) in [5.74, 6) is -1.73. The molecule has 0 heterocycles. The van der Waals surface area contributed by atoms with E-state index in [0.29, 0.717) is 13.2 Å². The van der Waals surface area contributed by atoms with Crippen LogP contribution in [0.3, 0.4) is 0 Å². The lowest BCUT2D eigenvalue weighted by molar-refractivity contribution is 0.0784. The quantitative estimate of drug-likeness (QED) is 0.714. The van der Waals surface area contributed by atoms with E-state index in [-0.39, 0.29) is 18.2 Å². The third-order valence-corrected chi connectivity index (χ3v) is 3.01. The number of ether oxygens (including phenoxy) is 1. The van der Waals surface area contributed by atoms with Crippen molar-refractivity contribution in [2.75, 3.05) is 26.8 Å². The van der Waals surface area contributed by atoms with E-state index in [0.717, 1.165) is 18.2 Å². The smallest absolute Gasteiger partial charge is 0.179 e. The second-order valence-electron chi connectivity index (χ2n) is 4.41. The van der Waals surface area contributed by atoms with E-state index in [2.05, 4.69) is 0 Å². The molecule has 0 aliphatic rings. The highest BCUT2D eigenvalue weighted by atomic mass is 19.1. The van der Waals surface area contributed by atoms with Crippen LogP contribution < -0.4 is 0 Å². The molecule has 19 heavy (non-hydrogen) atoms. The van der Waals surface area contributed by atoms with Gasteiger partial charge in [0.05, 0.1) is 18.7 Å². The van der Waals surface area contributed by atoms with E-state index in [1.807, 2.05) is 18.7 Å². The van der Waals surface area contributed by atoms with Crippen LogP contribution in [0.4, 0.5) is 8.78 Å². The summed E-state index contributed by atoms with van der Waals surface area (Å²) in [6, 6.07) is 2.94. The van der Waals surface area contributed by atoms with E-state index >= 15 is 0 Å². The molecule has 1 aromatic carbocycles. The van der Waals surface area contributed by atoms with Gasteiger partial charge in [-0.3, -0.25) is 9.69 Å². The minimum Gasteiger partial charge on any atom is -0.383 e. The summed E-state index contributed by atoms with van der Waals surface area (Å²) >= 11 is 0. The molecule has 0 fully saturated rings. The number of likely N-dealkylation sites (N-methyl/N-ethyl adjacent to an activating group) is 1. The molecule has 0 radical (unpaired) electrons. The van der Waals surface area contributed by atoms with Crippen LogP contribution in [0.5, 0.6) is 0 Å². The summed E-state index contributed by atoms with van der Waals surface area (Å²) in [6.07, 6.45) is 0. The number of nitrogens with zero attached hydrogens (tertiary/aromatic N) is 1. The molecular formula is C14H19F2NO2. The van der Waals surface area contributed by atoms with Gasteiger partial charge in [-0.2, -0.15) is 0 Å². The predicted octanol–water partition coefficient (Wildman–Crippen LogP) is 2.50. The second-order valence-corrected chi connectivity index (χ2v) is 4.41. The van der Waals surface area contributed by atoms with Gasteiger partial charge in [-0.1, -0.05) is 6.92 Å². The summed E-state index contributed by atoms with van der Waals surface area (Å²) in [5.41, 5.74) is -0.205. The molecule has 0 aliphatic heterocycles. The first kappa shape index (κ1) is 15.7. The molecule has 1 unspecified atom stereocenters. The van der Waals surface area contributed by atoms with Crippen LogP contribution in [0.25, 0.3) is 0 Å². The van der Waals surface area contributed by atoms with Crippen molar-refractivity contribution in [3.05, 3.63) is 35.4 Å². The van der Waals surface area contributed by atoms with Gasteiger partial charge in [-0.25, -0.2) is 8.78 Å². The number of hydrogen-bond acceptors (Lipinski definition) is 3. The van der Waals surface area contributed by atoms with Crippen molar-refractivity contribution in [2.24, 2.45) is 0 Å². The zero-order chi connectivity index (χ0) is 14.4. The Kier molecular flexibility index (Phi) is 6.05. The summed E-state index contributed by atoms with van der Waals surface area (Å²) in [6.45, 7) is 4.98. The van der Waals surface area contributed by atoms with E-state index in [9.17, 15) is 13.6 Å². The summed E-state index contributed by atoms with van der Waals surface area (Å²) in [7, 11) is 1.58. The highest BCUT2D eigenvalue weighted by Gasteiger charge is 2.19. The minimum atomic E-state index is -0.693. The van der Waals surface area contributed by atoms with Crippen molar-refractivity contribution in [3.8, 4) is 0 Å². The van der Waals surface area contributed by atoms with Gasteiger partial charge in [0.25, 0.3) is 0 Å². The van der Waals surface area contributed by atoms with Gasteiger partial charge < -0.3 is 4.74 Å². The second kappa shape index (κ2) is 7.31. The Hall–Kier alpha value is -1.33. The molecule has 0 saturated carbocycles. The Labute approximate surface area is 112 Å². The number of carbonyl (C=O) groups excluding carboxylic acids is 1. The highest BCUT2D eigenvalue weighted by molar-refractivity contribution is 5.97. The average Bonchev–Trinajstić information content (AvgIpc) is 2.38. The van der Waals surface area contributed by atoms with Crippen LogP contribution in [0.15, 0.2) is 18.2 Å². The summed E-state index contributed by atoms with van der Waals surface area (Å²) in [5, 5.41) is 0.